The molecule has 0 fully saturated rings. The number of rotatable bonds is 4. The van der Waals surface area contributed by atoms with Gasteiger partial charge in [0.05, 0.1) is 13.0 Å². The first-order chi connectivity index (χ1) is 9.38. The van der Waals surface area contributed by atoms with Gasteiger partial charge in [-0.25, -0.2) is 0 Å². The minimum Gasteiger partial charge on any atom is -0.497 e. The molecule has 1 N–H and O–H groups in total. The third-order valence-electron chi connectivity index (χ3n) is 3.21. The lowest BCUT2D eigenvalue weighted by molar-refractivity contribution is 0.414. The van der Waals surface area contributed by atoms with Gasteiger partial charge in [0.15, 0.2) is 0 Å². The zero-order valence-corrected chi connectivity index (χ0v) is 11.5. The van der Waals surface area contributed by atoms with Crippen LogP contribution in [0.25, 0.3) is 0 Å². The fourth-order valence-corrected chi connectivity index (χ4v) is 3.14. The van der Waals surface area contributed by atoms with Crippen molar-refractivity contribution in [3.05, 3.63) is 76.2 Å². The monoisotopic (exact) mass is 269 g/mol. The van der Waals surface area contributed by atoms with Gasteiger partial charge in [0.25, 0.3) is 0 Å². The van der Waals surface area contributed by atoms with E-state index >= 15 is 0 Å². The molecular formula is C16H15NOS. The average Bonchev–Trinajstić information content (AvgIpc) is 3.13. The lowest BCUT2D eigenvalue weighted by atomic mass is 9.94. The van der Waals surface area contributed by atoms with Crippen LogP contribution in [0.4, 0.5) is 0 Å². The van der Waals surface area contributed by atoms with Gasteiger partial charge in [0, 0.05) is 16.8 Å². The molecule has 2 nitrogen and oxygen atoms in total. The van der Waals surface area contributed by atoms with Crippen LogP contribution in [0.15, 0.2) is 60.1 Å². The molecule has 96 valence electrons. The third kappa shape index (κ3) is 2.42. The second-order valence-corrected chi connectivity index (χ2v) is 5.33. The molecule has 1 atom stereocenters. The van der Waals surface area contributed by atoms with E-state index in [0.29, 0.717) is 0 Å². The summed E-state index contributed by atoms with van der Waals surface area (Å²) >= 11 is 1.78. The molecule has 0 aliphatic heterocycles. The van der Waals surface area contributed by atoms with E-state index in [0.717, 1.165) is 5.75 Å². The summed E-state index contributed by atoms with van der Waals surface area (Å²) in [6, 6.07) is 16.7. The molecule has 0 aliphatic carbocycles. The van der Waals surface area contributed by atoms with Crippen molar-refractivity contribution in [1.29, 1.82) is 0 Å². The molecule has 0 amide bonds. The maximum absolute atomic E-state index is 5.23. The van der Waals surface area contributed by atoms with Gasteiger partial charge in [-0.1, -0.05) is 18.2 Å². The summed E-state index contributed by atoms with van der Waals surface area (Å²) in [6.45, 7) is 0. The van der Waals surface area contributed by atoms with Crippen molar-refractivity contribution >= 4 is 11.3 Å². The van der Waals surface area contributed by atoms with Gasteiger partial charge in [0.1, 0.15) is 5.75 Å². The van der Waals surface area contributed by atoms with Crippen molar-refractivity contribution < 1.29 is 4.74 Å². The van der Waals surface area contributed by atoms with Gasteiger partial charge < -0.3 is 9.72 Å². The van der Waals surface area contributed by atoms with E-state index in [4.69, 9.17) is 4.74 Å². The van der Waals surface area contributed by atoms with Crippen LogP contribution < -0.4 is 4.74 Å². The normalized spacial score (nSPS) is 12.3. The first kappa shape index (κ1) is 12.1. The van der Waals surface area contributed by atoms with Gasteiger partial charge >= 0.3 is 0 Å². The Bertz CT molecular complexity index is 577. The quantitative estimate of drug-likeness (QED) is 0.752. The molecule has 0 saturated heterocycles. The molecule has 0 saturated carbocycles. The Morgan fingerprint density at radius 2 is 1.89 bits per heavy atom. The molecule has 1 unspecified atom stereocenters. The standard InChI is InChI=1S/C16H15NOS/c1-18-13-8-6-12(7-9-13)16(14-4-2-10-17-14)15-5-3-11-19-15/h2-11,16-17H,1H3. The van der Waals surface area contributed by atoms with Crippen molar-refractivity contribution in [3.63, 3.8) is 0 Å². The predicted molar refractivity (Wildman–Crippen MR) is 79.1 cm³/mol. The number of ether oxygens (including phenoxy) is 1. The number of hydrogen-bond donors (Lipinski definition) is 1. The molecule has 2 aromatic heterocycles. The SMILES string of the molecule is COc1ccc(C(c2ccc[nH]2)c2cccs2)cc1. The number of aromatic nitrogens is 1. The number of methoxy groups -OCH3 is 1. The summed E-state index contributed by atoms with van der Waals surface area (Å²) in [5.41, 5.74) is 2.48. The Hall–Kier alpha value is -2.00. The fourth-order valence-electron chi connectivity index (χ4n) is 2.27. The molecule has 19 heavy (non-hydrogen) atoms. The first-order valence-electron chi connectivity index (χ1n) is 6.19. The van der Waals surface area contributed by atoms with Crippen LogP contribution in [0, 0.1) is 0 Å². The predicted octanol–water partition coefficient (Wildman–Crippen LogP) is 4.27. The van der Waals surface area contributed by atoms with E-state index in [2.05, 4.69) is 40.7 Å². The lowest BCUT2D eigenvalue weighted by Crippen LogP contribution is -2.01. The Balaban J connectivity index is 2.04. The van der Waals surface area contributed by atoms with E-state index in [1.165, 1.54) is 16.1 Å². The first-order valence-corrected chi connectivity index (χ1v) is 7.07. The Kier molecular flexibility index (Phi) is 3.38. The van der Waals surface area contributed by atoms with Crippen LogP contribution in [-0.2, 0) is 0 Å². The minimum atomic E-state index is 0.265. The highest BCUT2D eigenvalue weighted by atomic mass is 32.1. The smallest absolute Gasteiger partial charge is 0.118 e. The molecule has 1 aromatic carbocycles. The van der Waals surface area contributed by atoms with Gasteiger partial charge in [-0.3, -0.25) is 0 Å². The Morgan fingerprint density at radius 1 is 1.05 bits per heavy atom. The zero-order chi connectivity index (χ0) is 13.1. The van der Waals surface area contributed by atoms with Crippen LogP contribution in [0.2, 0.25) is 0 Å². The van der Waals surface area contributed by atoms with E-state index in [-0.39, 0.29) is 5.92 Å². The van der Waals surface area contributed by atoms with Crippen LogP contribution in [0.5, 0.6) is 5.75 Å². The molecular weight excluding hydrogens is 254 g/mol. The molecule has 0 bridgehead atoms. The Morgan fingerprint density at radius 3 is 2.47 bits per heavy atom. The van der Waals surface area contributed by atoms with E-state index in [9.17, 15) is 0 Å². The number of hydrogen-bond acceptors (Lipinski definition) is 2. The second kappa shape index (κ2) is 5.33. The number of benzene rings is 1. The zero-order valence-electron chi connectivity index (χ0n) is 10.7. The van der Waals surface area contributed by atoms with Gasteiger partial charge in [0.2, 0.25) is 0 Å². The van der Waals surface area contributed by atoms with Gasteiger partial charge in [-0.2, -0.15) is 0 Å². The molecule has 2 heterocycles. The Labute approximate surface area is 116 Å². The van der Waals surface area contributed by atoms with E-state index in [1.807, 2.05) is 24.4 Å². The lowest BCUT2D eigenvalue weighted by Gasteiger charge is -2.15. The molecule has 3 rings (SSSR count). The van der Waals surface area contributed by atoms with Crippen molar-refractivity contribution in [2.24, 2.45) is 0 Å². The molecule has 3 aromatic rings. The highest BCUT2D eigenvalue weighted by Gasteiger charge is 2.18. The molecule has 0 spiro atoms. The van der Waals surface area contributed by atoms with Crippen molar-refractivity contribution in [2.75, 3.05) is 7.11 Å². The summed E-state index contributed by atoms with van der Waals surface area (Å²) in [7, 11) is 1.69. The van der Waals surface area contributed by atoms with Crippen LogP contribution in [0.1, 0.15) is 22.1 Å². The molecule has 0 aliphatic rings. The topological polar surface area (TPSA) is 25.0 Å². The summed E-state index contributed by atoms with van der Waals surface area (Å²) in [5.74, 6) is 1.15. The molecule has 3 heteroatoms. The van der Waals surface area contributed by atoms with Crippen LogP contribution in [0.3, 0.4) is 0 Å². The highest BCUT2D eigenvalue weighted by Crippen LogP contribution is 2.34. The average molecular weight is 269 g/mol. The summed E-state index contributed by atoms with van der Waals surface area (Å²) in [5, 5.41) is 2.12. The maximum Gasteiger partial charge on any atom is 0.118 e. The van der Waals surface area contributed by atoms with Crippen molar-refractivity contribution in [2.45, 2.75) is 5.92 Å². The van der Waals surface area contributed by atoms with Crippen molar-refractivity contribution in [1.82, 2.24) is 4.98 Å². The number of thiophene rings is 1. The minimum absolute atomic E-state index is 0.265. The largest absolute Gasteiger partial charge is 0.497 e. The third-order valence-corrected chi connectivity index (χ3v) is 4.15. The maximum atomic E-state index is 5.23. The van der Waals surface area contributed by atoms with Crippen LogP contribution >= 0.6 is 11.3 Å². The van der Waals surface area contributed by atoms with E-state index in [1.54, 1.807) is 18.4 Å². The van der Waals surface area contributed by atoms with Crippen molar-refractivity contribution in [3.8, 4) is 5.75 Å². The summed E-state index contributed by atoms with van der Waals surface area (Å²) in [6.07, 6.45) is 1.97. The highest BCUT2D eigenvalue weighted by molar-refractivity contribution is 7.10. The van der Waals surface area contributed by atoms with Crippen LogP contribution in [-0.4, -0.2) is 12.1 Å². The number of aromatic amines is 1. The summed E-state index contributed by atoms with van der Waals surface area (Å²) in [4.78, 5) is 4.67. The van der Waals surface area contributed by atoms with E-state index < -0.39 is 0 Å². The number of nitrogens with one attached hydrogen (secondary N) is 1. The molecule has 0 radical (unpaired) electrons. The summed E-state index contributed by atoms with van der Waals surface area (Å²) < 4.78 is 5.23. The van der Waals surface area contributed by atoms with Gasteiger partial charge in [-0.05, 0) is 41.3 Å². The van der Waals surface area contributed by atoms with Gasteiger partial charge in [-0.15, -0.1) is 11.3 Å². The number of H-pyrrole nitrogens is 1. The second-order valence-electron chi connectivity index (χ2n) is 4.35. The fraction of sp³-hybridized carbons (Fsp3) is 0.125.